The van der Waals surface area contributed by atoms with Crippen LogP contribution in [0.25, 0.3) is 27.7 Å². The van der Waals surface area contributed by atoms with E-state index in [-0.39, 0.29) is 0 Å². The van der Waals surface area contributed by atoms with Crippen molar-refractivity contribution < 1.29 is 0 Å². The lowest BCUT2D eigenvalue weighted by molar-refractivity contribution is 0.924. The summed E-state index contributed by atoms with van der Waals surface area (Å²) < 4.78 is 1.86. The molecule has 0 atom stereocenters. The van der Waals surface area contributed by atoms with Crippen molar-refractivity contribution >= 4 is 16.4 Å². The van der Waals surface area contributed by atoms with Crippen molar-refractivity contribution in [1.29, 1.82) is 0 Å². The number of benzene rings is 1. The number of rotatable bonds is 0. The summed E-state index contributed by atoms with van der Waals surface area (Å²) in [4.78, 5) is 4.68. The number of para-hydroxylation sites is 1. The van der Waals surface area contributed by atoms with Gasteiger partial charge < -0.3 is 0 Å². The van der Waals surface area contributed by atoms with Crippen LogP contribution >= 0.6 is 0 Å². The molecule has 2 aromatic rings. The topological polar surface area (TPSA) is 30.2 Å². The van der Waals surface area contributed by atoms with Crippen molar-refractivity contribution in [1.82, 2.24) is 14.6 Å². The van der Waals surface area contributed by atoms with Crippen LogP contribution in [-0.4, -0.2) is 14.6 Å². The van der Waals surface area contributed by atoms with Gasteiger partial charge in [0.2, 0.25) is 0 Å². The van der Waals surface area contributed by atoms with Gasteiger partial charge in [-0.15, -0.1) is 0 Å². The standard InChI is InChI=1S/C14H9N3/c1-2-5-12-10(4-1)11-7-9-17-13(14(11)16-12)6-3-8-15-17/h1-9H. The third-order valence-electron chi connectivity index (χ3n) is 3.08. The lowest BCUT2D eigenvalue weighted by Crippen LogP contribution is -1.95. The second-order valence-electron chi connectivity index (χ2n) is 4.06. The van der Waals surface area contributed by atoms with Gasteiger partial charge in [0, 0.05) is 23.3 Å². The van der Waals surface area contributed by atoms with E-state index in [1.165, 1.54) is 10.9 Å². The Morgan fingerprint density at radius 2 is 1.88 bits per heavy atom. The molecule has 0 fully saturated rings. The van der Waals surface area contributed by atoms with Crippen molar-refractivity contribution in [3.8, 4) is 11.3 Å². The Bertz CT molecular complexity index is 801. The molecule has 0 amide bonds. The fraction of sp³-hybridized carbons (Fsp3) is 0. The summed E-state index contributed by atoms with van der Waals surface area (Å²) in [6.07, 6.45) is 3.76. The molecular formula is C14H9N3. The zero-order valence-electron chi connectivity index (χ0n) is 9.04. The van der Waals surface area contributed by atoms with Gasteiger partial charge in [-0.1, -0.05) is 18.2 Å². The Balaban J connectivity index is 2.28. The second kappa shape index (κ2) is 3.04. The zero-order valence-corrected chi connectivity index (χ0v) is 9.04. The minimum atomic E-state index is 1.02. The lowest BCUT2D eigenvalue weighted by atomic mass is 10.1. The number of fused-ring (bicyclic) bond motifs is 5. The molecule has 0 spiro atoms. The van der Waals surface area contributed by atoms with Crippen LogP contribution in [0, 0.1) is 0 Å². The second-order valence-corrected chi connectivity index (χ2v) is 4.06. The van der Waals surface area contributed by atoms with Crippen molar-refractivity contribution in [3.05, 3.63) is 54.9 Å². The average Bonchev–Trinajstić information content (AvgIpc) is 2.78. The Hall–Kier alpha value is -2.42. The van der Waals surface area contributed by atoms with Crippen LogP contribution in [0.15, 0.2) is 54.9 Å². The van der Waals surface area contributed by atoms with E-state index in [0.717, 1.165) is 16.7 Å². The van der Waals surface area contributed by atoms with Gasteiger partial charge in [0.1, 0.15) is 0 Å². The average molecular weight is 219 g/mol. The minimum Gasteiger partial charge on any atom is -0.245 e. The smallest absolute Gasteiger partial charge is 0.0973 e. The van der Waals surface area contributed by atoms with Crippen LogP contribution in [0.4, 0.5) is 0 Å². The van der Waals surface area contributed by atoms with E-state index in [9.17, 15) is 0 Å². The third kappa shape index (κ3) is 1.11. The summed E-state index contributed by atoms with van der Waals surface area (Å²) in [6, 6.07) is 14.3. The van der Waals surface area contributed by atoms with Gasteiger partial charge in [-0.25, -0.2) is 9.50 Å². The fourth-order valence-corrected chi connectivity index (χ4v) is 2.31. The summed E-state index contributed by atoms with van der Waals surface area (Å²) >= 11 is 0. The quantitative estimate of drug-likeness (QED) is 0.455. The van der Waals surface area contributed by atoms with Crippen molar-refractivity contribution in [2.24, 2.45) is 0 Å². The van der Waals surface area contributed by atoms with E-state index in [1.54, 1.807) is 6.20 Å². The van der Waals surface area contributed by atoms with Crippen LogP contribution < -0.4 is 0 Å². The molecule has 0 aliphatic carbocycles. The monoisotopic (exact) mass is 219 g/mol. The molecule has 0 radical (unpaired) electrons. The van der Waals surface area contributed by atoms with Gasteiger partial charge in [0.05, 0.1) is 16.7 Å². The molecule has 1 aromatic heterocycles. The number of pyridine rings is 1. The lowest BCUT2D eigenvalue weighted by Gasteiger charge is -2.04. The van der Waals surface area contributed by atoms with Gasteiger partial charge in [-0.05, 0) is 24.3 Å². The van der Waals surface area contributed by atoms with Crippen LogP contribution in [-0.2, 0) is 0 Å². The molecule has 3 nitrogen and oxygen atoms in total. The molecule has 0 unspecified atom stereocenters. The van der Waals surface area contributed by atoms with E-state index in [4.69, 9.17) is 0 Å². The molecule has 2 aliphatic heterocycles. The summed E-state index contributed by atoms with van der Waals surface area (Å²) in [5, 5.41) is 5.48. The Kier molecular flexibility index (Phi) is 1.56. The number of hydrogen-bond donors (Lipinski definition) is 0. The maximum Gasteiger partial charge on any atom is 0.0973 e. The summed E-state index contributed by atoms with van der Waals surface area (Å²) in [7, 11) is 0. The molecule has 0 N–H and O–H groups in total. The van der Waals surface area contributed by atoms with Gasteiger partial charge in [-0.3, -0.25) is 0 Å². The molecule has 3 heterocycles. The fourth-order valence-electron chi connectivity index (χ4n) is 2.31. The van der Waals surface area contributed by atoms with E-state index < -0.39 is 0 Å². The van der Waals surface area contributed by atoms with E-state index in [2.05, 4.69) is 22.2 Å². The zero-order chi connectivity index (χ0) is 11.2. The molecule has 0 bridgehead atoms. The summed E-state index contributed by atoms with van der Waals surface area (Å²) in [6.45, 7) is 0. The van der Waals surface area contributed by atoms with E-state index >= 15 is 0 Å². The Labute approximate surface area is 97.7 Å². The predicted molar refractivity (Wildman–Crippen MR) is 67.1 cm³/mol. The highest BCUT2D eigenvalue weighted by Crippen LogP contribution is 2.33. The van der Waals surface area contributed by atoms with E-state index in [0.29, 0.717) is 0 Å². The van der Waals surface area contributed by atoms with Crippen molar-refractivity contribution in [2.75, 3.05) is 0 Å². The molecule has 0 saturated carbocycles. The maximum absolute atomic E-state index is 4.68. The summed E-state index contributed by atoms with van der Waals surface area (Å²) in [5.41, 5.74) is 4.29. The first-order chi connectivity index (χ1) is 8.43. The first kappa shape index (κ1) is 8.70. The first-order valence-corrected chi connectivity index (χ1v) is 5.54. The number of hydrogen-bond acceptors (Lipinski definition) is 2. The Morgan fingerprint density at radius 1 is 0.941 bits per heavy atom. The molecule has 0 saturated heterocycles. The highest BCUT2D eigenvalue weighted by Gasteiger charge is 2.13. The molecule has 80 valence electrons. The molecule has 17 heavy (non-hydrogen) atoms. The van der Waals surface area contributed by atoms with Crippen molar-refractivity contribution in [3.63, 3.8) is 0 Å². The van der Waals surface area contributed by atoms with Crippen LogP contribution in [0.2, 0.25) is 0 Å². The molecular weight excluding hydrogens is 210 g/mol. The van der Waals surface area contributed by atoms with E-state index in [1.807, 2.05) is 41.0 Å². The normalized spacial score (nSPS) is 11.5. The third-order valence-corrected chi connectivity index (χ3v) is 3.08. The van der Waals surface area contributed by atoms with Gasteiger partial charge >= 0.3 is 0 Å². The number of aromatic nitrogens is 3. The van der Waals surface area contributed by atoms with Gasteiger partial charge in [0.25, 0.3) is 0 Å². The molecule has 2 aliphatic rings. The summed E-state index contributed by atoms with van der Waals surface area (Å²) in [5.74, 6) is 0. The maximum atomic E-state index is 4.68. The first-order valence-electron chi connectivity index (χ1n) is 5.54. The molecule has 4 rings (SSSR count). The highest BCUT2D eigenvalue weighted by atomic mass is 15.2. The Morgan fingerprint density at radius 3 is 2.88 bits per heavy atom. The van der Waals surface area contributed by atoms with Crippen molar-refractivity contribution in [2.45, 2.75) is 0 Å². The largest absolute Gasteiger partial charge is 0.245 e. The molecule has 3 heteroatoms. The molecule has 1 aromatic carbocycles. The van der Waals surface area contributed by atoms with Crippen LogP contribution in [0.3, 0.4) is 0 Å². The minimum absolute atomic E-state index is 1.02. The number of nitrogens with zero attached hydrogens (tertiary/aromatic N) is 3. The highest BCUT2D eigenvalue weighted by molar-refractivity contribution is 6.01. The SMILES string of the molecule is c1ccc2c3ccn4ncccc4c-3nc2c1. The predicted octanol–water partition coefficient (Wildman–Crippen LogP) is 2.99. The van der Waals surface area contributed by atoms with Gasteiger partial charge in [0.15, 0.2) is 0 Å². The van der Waals surface area contributed by atoms with Crippen LogP contribution in [0.1, 0.15) is 0 Å². The van der Waals surface area contributed by atoms with Crippen LogP contribution in [0.5, 0.6) is 0 Å². The van der Waals surface area contributed by atoms with Gasteiger partial charge in [-0.2, -0.15) is 5.10 Å².